The van der Waals surface area contributed by atoms with E-state index in [-0.39, 0.29) is 43.1 Å². The summed E-state index contributed by atoms with van der Waals surface area (Å²) in [6.07, 6.45) is 1.82. The highest BCUT2D eigenvalue weighted by atomic mass is 32.2. The van der Waals surface area contributed by atoms with E-state index < -0.39 is 18.2 Å². The summed E-state index contributed by atoms with van der Waals surface area (Å²) in [5.74, 6) is -1.70. The van der Waals surface area contributed by atoms with E-state index in [2.05, 4.69) is 10.3 Å². The fourth-order valence-corrected chi connectivity index (χ4v) is 5.42. The summed E-state index contributed by atoms with van der Waals surface area (Å²) in [5.41, 5.74) is 3.10. The van der Waals surface area contributed by atoms with Gasteiger partial charge in [-0.2, -0.15) is 0 Å². The standard InChI is InChI=1S/C30H32N2O8S/c33-17-19-10-12-20(13-11-19)25-16-23(18-41-28-24(29(37)38)7-4-14-31-28)39-30(40-25)21-5-3-6-22(15-21)32-26(34)8-1-2-9-27(35)36/h3-7,10-15,23,25,30,33H,1-2,8-9,16-18H2,(H,32,34)(H,35,36)(H,37,38)/t23-,25+,30+/m1/s1. The van der Waals surface area contributed by atoms with Gasteiger partial charge in [-0.15, -0.1) is 11.8 Å². The van der Waals surface area contributed by atoms with Gasteiger partial charge < -0.3 is 30.1 Å². The first-order valence-electron chi connectivity index (χ1n) is 13.3. The molecule has 4 N–H and O–H groups in total. The second-order valence-electron chi connectivity index (χ2n) is 9.60. The first-order chi connectivity index (χ1) is 19.8. The molecule has 11 heteroatoms. The van der Waals surface area contributed by atoms with Gasteiger partial charge >= 0.3 is 11.9 Å². The van der Waals surface area contributed by atoms with E-state index in [9.17, 15) is 24.6 Å². The van der Waals surface area contributed by atoms with E-state index in [0.717, 1.165) is 11.1 Å². The van der Waals surface area contributed by atoms with Gasteiger partial charge in [-0.1, -0.05) is 36.4 Å². The molecule has 3 atom stereocenters. The van der Waals surface area contributed by atoms with Crippen LogP contribution in [0, 0.1) is 0 Å². The lowest BCUT2D eigenvalue weighted by Crippen LogP contribution is -2.31. The zero-order valence-electron chi connectivity index (χ0n) is 22.3. The van der Waals surface area contributed by atoms with Crippen LogP contribution in [0.3, 0.4) is 0 Å². The van der Waals surface area contributed by atoms with Gasteiger partial charge in [0.1, 0.15) is 5.03 Å². The number of hydrogen-bond acceptors (Lipinski definition) is 8. The number of anilines is 1. The number of carboxylic acid groups (broad SMARTS) is 2. The number of aliphatic hydroxyl groups is 1. The number of carbonyl (C=O) groups is 3. The Morgan fingerprint density at radius 1 is 0.951 bits per heavy atom. The number of aliphatic hydroxyl groups excluding tert-OH is 1. The highest BCUT2D eigenvalue weighted by Gasteiger charge is 2.32. The van der Waals surface area contributed by atoms with E-state index in [1.54, 1.807) is 30.5 Å². The Morgan fingerprint density at radius 3 is 2.46 bits per heavy atom. The molecule has 41 heavy (non-hydrogen) atoms. The van der Waals surface area contributed by atoms with Crippen LogP contribution in [0.1, 0.15) is 71.5 Å². The molecule has 0 radical (unpaired) electrons. The first-order valence-corrected chi connectivity index (χ1v) is 14.2. The van der Waals surface area contributed by atoms with Crippen molar-refractivity contribution in [1.29, 1.82) is 0 Å². The number of rotatable bonds is 13. The summed E-state index contributed by atoms with van der Waals surface area (Å²) in [5, 5.41) is 31.0. The number of hydrogen-bond donors (Lipinski definition) is 4. The fraction of sp³-hybridized carbons (Fsp3) is 0.333. The number of amides is 1. The molecule has 216 valence electrons. The largest absolute Gasteiger partial charge is 0.481 e. The molecular weight excluding hydrogens is 548 g/mol. The van der Waals surface area contributed by atoms with Crippen molar-refractivity contribution in [2.45, 2.75) is 62.2 Å². The van der Waals surface area contributed by atoms with Crippen LogP contribution in [0.15, 0.2) is 71.9 Å². The van der Waals surface area contributed by atoms with E-state index >= 15 is 0 Å². The highest BCUT2D eigenvalue weighted by molar-refractivity contribution is 7.99. The van der Waals surface area contributed by atoms with Crippen LogP contribution in [0.5, 0.6) is 0 Å². The topological polar surface area (TPSA) is 155 Å². The number of nitrogens with zero attached hydrogens (tertiary/aromatic N) is 1. The Balaban J connectivity index is 1.49. The third kappa shape index (κ3) is 8.86. The predicted octanol–water partition coefficient (Wildman–Crippen LogP) is 5.19. The monoisotopic (exact) mass is 580 g/mol. The van der Waals surface area contributed by atoms with Crippen molar-refractivity contribution in [3.05, 3.63) is 89.1 Å². The van der Waals surface area contributed by atoms with Crippen LogP contribution in [0.2, 0.25) is 0 Å². The Kier molecular flexibility index (Phi) is 10.9. The molecule has 10 nitrogen and oxygen atoms in total. The molecule has 0 saturated carbocycles. The van der Waals surface area contributed by atoms with E-state index in [1.807, 2.05) is 30.3 Å². The molecule has 1 aliphatic rings. The Bertz CT molecular complexity index is 1350. The molecule has 1 saturated heterocycles. The summed E-state index contributed by atoms with van der Waals surface area (Å²) >= 11 is 1.31. The lowest BCUT2D eigenvalue weighted by molar-refractivity contribution is -0.245. The zero-order chi connectivity index (χ0) is 29.2. The summed E-state index contributed by atoms with van der Waals surface area (Å²) < 4.78 is 12.7. The second-order valence-corrected chi connectivity index (χ2v) is 10.6. The van der Waals surface area contributed by atoms with Gasteiger partial charge in [0.05, 0.1) is 24.4 Å². The molecule has 2 heterocycles. The number of benzene rings is 2. The van der Waals surface area contributed by atoms with Gasteiger partial charge in [0.25, 0.3) is 0 Å². The Hall–Kier alpha value is -3.77. The SMILES string of the molecule is O=C(O)CCCCC(=O)Nc1cccc([C@H]2O[C@@H](CSc3ncccc3C(=O)O)C[C@@H](c3ccc(CO)cc3)O2)c1. The van der Waals surface area contributed by atoms with Gasteiger partial charge in [0, 0.05) is 42.5 Å². The minimum atomic E-state index is -1.05. The first kappa shape index (κ1) is 30.2. The quantitative estimate of drug-likeness (QED) is 0.157. The lowest BCUT2D eigenvalue weighted by atomic mass is 10.0. The molecule has 1 fully saturated rings. The molecule has 3 aromatic rings. The second kappa shape index (κ2) is 14.7. The average Bonchev–Trinajstić information content (AvgIpc) is 2.98. The molecule has 1 aliphatic heterocycles. The maximum absolute atomic E-state index is 12.4. The Morgan fingerprint density at radius 2 is 1.73 bits per heavy atom. The number of aliphatic carboxylic acids is 1. The van der Waals surface area contributed by atoms with Crippen molar-refractivity contribution in [3.63, 3.8) is 0 Å². The third-order valence-corrected chi connectivity index (χ3v) is 7.65. The number of nitrogens with one attached hydrogen (secondary N) is 1. The number of aromatic carboxylic acids is 1. The van der Waals surface area contributed by atoms with E-state index in [0.29, 0.717) is 41.3 Å². The summed E-state index contributed by atoms with van der Waals surface area (Å²) in [7, 11) is 0. The maximum Gasteiger partial charge on any atom is 0.338 e. The molecule has 2 aromatic carbocycles. The number of ether oxygens (including phenoxy) is 2. The van der Waals surface area contributed by atoms with Gasteiger partial charge in [0.2, 0.25) is 5.91 Å². The molecule has 0 spiro atoms. The van der Waals surface area contributed by atoms with Crippen LogP contribution in [-0.4, -0.2) is 50.0 Å². The van der Waals surface area contributed by atoms with Gasteiger partial charge in [-0.25, -0.2) is 9.78 Å². The Labute approximate surface area is 241 Å². The summed E-state index contributed by atoms with van der Waals surface area (Å²) in [6, 6.07) is 17.8. The van der Waals surface area contributed by atoms with Crippen LogP contribution in [-0.2, 0) is 25.7 Å². The van der Waals surface area contributed by atoms with Crippen molar-refractivity contribution < 1.29 is 39.2 Å². The molecule has 1 amide bonds. The van der Waals surface area contributed by atoms with Crippen molar-refractivity contribution in [1.82, 2.24) is 4.98 Å². The molecule has 0 bridgehead atoms. The molecule has 0 unspecified atom stereocenters. The van der Waals surface area contributed by atoms with Crippen LogP contribution < -0.4 is 5.32 Å². The number of unbranched alkanes of at least 4 members (excludes halogenated alkanes) is 1. The van der Waals surface area contributed by atoms with Crippen molar-refractivity contribution >= 4 is 35.3 Å². The van der Waals surface area contributed by atoms with Gasteiger partial charge in [-0.05, 0) is 48.2 Å². The van der Waals surface area contributed by atoms with Crippen molar-refractivity contribution in [2.24, 2.45) is 0 Å². The van der Waals surface area contributed by atoms with E-state index in [4.69, 9.17) is 14.6 Å². The molecule has 4 rings (SSSR count). The van der Waals surface area contributed by atoms with Gasteiger partial charge in [0.15, 0.2) is 6.29 Å². The number of carbonyl (C=O) groups excluding carboxylic acids is 1. The molecule has 0 aliphatic carbocycles. The minimum absolute atomic E-state index is 0.0282. The van der Waals surface area contributed by atoms with Crippen LogP contribution in [0.4, 0.5) is 5.69 Å². The fourth-order valence-electron chi connectivity index (χ4n) is 4.41. The van der Waals surface area contributed by atoms with Crippen LogP contribution in [0.25, 0.3) is 0 Å². The number of pyridine rings is 1. The summed E-state index contributed by atoms with van der Waals surface area (Å²) in [6.45, 7) is -0.0646. The number of carboxylic acids is 2. The number of thioether (sulfide) groups is 1. The normalized spacial score (nSPS) is 18.5. The molecular formula is C30H32N2O8S. The van der Waals surface area contributed by atoms with Gasteiger partial charge in [-0.3, -0.25) is 9.59 Å². The van der Waals surface area contributed by atoms with Crippen molar-refractivity contribution in [2.75, 3.05) is 11.1 Å². The maximum atomic E-state index is 12.4. The summed E-state index contributed by atoms with van der Waals surface area (Å²) in [4.78, 5) is 38.9. The number of aromatic nitrogens is 1. The van der Waals surface area contributed by atoms with Crippen LogP contribution >= 0.6 is 11.8 Å². The third-order valence-electron chi connectivity index (χ3n) is 6.51. The average molecular weight is 581 g/mol. The predicted molar refractivity (Wildman–Crippen MR) is 152 cm³/mol. The highest BCUT2D eigenvalue weighted by Crippen LogP contribution is 2.40. The smallest absolute Gasteiger partial charge is 0.338 e. The lowest BCUT2D eigenvalue weighted by Gasteiger charge is -2.36. The zero-order valence-corrected chi connectivity index (χ0v) is 23.1. The minimum Gasteiger partial charge on any atom is -0.481 e. The van der Waals surface area contributed by atoms with Crippen molar-refractivity contribution in [3.8, 4) is 0 Å². The van der Waals surface area contributed by atoms with E-state index in [1.165, 1.54) is 17.8 Å². The molecule has 1 aromatic heterocycles.